The molecule has 0 aliphatic carbocycles. The number of hydrogen-bond acceptors (Lipinski definition) is 4. The number of ether oxygens (including phenoxy) is 1. The zero-order valence-corrected chi connectivity index (χ0v) is 11.3. The minimum atomic E-state index is -0.195. The molecule has 1 N–H and O–H groups in total. The number of amides is 1. The summed E-state index contributed by atoms with van der Waals surface area (Å²) in [6.07, 6.45) is 0.263. The van der Waals surface area contributed by atoms with Crippen molar-refractivity contribution in [3.8, 4) is 0 Å². The molecule has 19 heavy (non-hydrogen) atoms. The average Bonchev–Trinajstić information content (AvgIpc) is 2.40. The van der Waals surface area contributed by atoms with E-state index in [2.05, 4.69) is 15.3 Å². The lowest BCUT2D eigenvalue weighted by molar-refractivity contribution is -0.117. The normalized spacial score (nSPS) is 10.6. The van der Waals surface area contributed by atoms with E-state index >= 15 is 0 Å². The molecule has 0 saturated heterocycles. The van der Waals surface area contributed by atoms with E-state index in [9.17, 15) is 4.79 Å². The molecule has 1 heterocycles. The molecule has 100 valence electrons. The van der Waals surface area contributed by atoms with Gasteiger partial charge in [-0.05, 0) is 19.1 Å². The quantitative estimate of drug-likeness (QED) is 0.855. The number of halogens is 1. The van der Waals surface area contributed by atoms with Crippen LogP contribution in [0.3, 0.4) is 0 Å². The van der Waals surface area contributed by atoms with E-state index in [0.717, 1.165) is 0 Å². The van der Waals surface area contributed by atoms with Crippen LogP contribution in [0.4, 0.5) is 5.82 Å². The summed E-state index contributed by atoms with van der Waals surface area (Å²) in [6.45, 7) is 2.84. The first-order valence-corrected chi connectivity index (χ1v) is 6.38. The molecule has 6 heteroatoms. The van der Waals surface area contributed by atoms with Gasteiger partial charge in [-0.3, -0.25) is 4.79 Å². The highest BCUT2D eigenvalue weighted by Crippen LogP contribution is 2.20. The van der Waals surface area contributed by atoms with E-state index in [-0.39, 0.29) is 23.3 Å². The molecule has 1 aromatic carbocycles. The molecule has 5 nitrogen and oxygen atoms in total. The number of nitrogens with one attached hydrogen (secondary N) is 1. The number of carbonyl (C=O) groups is 1. The van der Waals surface area contributed by atoms with Crippen molar-refractivity contribution in [2.75, 3.05) is 18.5 Å². The Labute approximate surface area is 116 Å². The van der Waals surface area contributed by atoms with Gasteiger partial charge < -0.3 is 10.1 Å². The summed E-state index contributed by atoms with van der Waals surface area (Å²) < 4.78 is 5.11. The summed E-state index contributed by atoms with van der Waals surface area (Å²) >= 11 is 5.99. The van der Waals surface area contributed by atoms with Crippen LogP contribution in [0.2, 0.25) is 5.15 Å². The third-order valence-corrected chi connectivity index (χ3v) is 2.73. The van der Waals surface area contributed by atoms with Crippen molar-refractivity contribution < 1.29 is 9.53 Å². The Kier molecular flexibility index (Phi) is 4.65. The molecule has 0 atom stereocenters. The number of aromatic nitrogens is 2. The van der Waals surface area contributed by atoms with Gasteiger partial charge in [0.2, 0.25) is 5.91 Å². The number of benzene rings is 1. The maximum atomic E-state index is 11.7. The summed E-state index contributed by atoms with van der Waals surface area (Å²) in [5.74, 6) is 0.0850. The molecule has 0 fully saturated rings. The van der Waals surface area contributed by atoms with Gasteiger partial charge in [0.05, 0.1) is 24.1 Å². The number of fused-ring (bicyclic) bond motifs is 1. The molecule has 0 aliphatic heterocycles. The number of nitrogens with zero attached hydrogens (tertiary/aromatic N) is 2. The van der Waals surface area contributed by atoms with E-state index in [0.29, 0.717) is 24.2 Å². The molecule has 1 aromatic heterocycles. The fourth-order valence-electron chi connectivity index (χ4n) is 1.56. The largest absolute Gasteiger partial charge is 0.381 e. The fraction of sp³-hybridized carbons (Fsp3) is 0.308. The summed E-state index contributed by atoms with van der Waals surface area (Å²) in [7, 11) is 0. The van der Waals surface area contributed by atoms with E-state index < -0.39 is 0 Å². The standard InChI is InChI=1S/C13H14ClN3O2/c1-2-19-8-7-11(18)17-13-12(14)15-9-5-3-4-6-10(9)16-13/h3-6H,2,7-8H2,1H3,(H,16,17,18). The molecule has 0 unspecified atom stereocenters. The number of rotatable bonds is 5. The lowest BCUT2D eigenvalue weighted by Gasteiger charge is -2.07. The van der Waals surface area contributed by atoms with Gasteiger partial charge in [-0.25, -0.2) is 9.97 Å². The minimum absolute atomic E-state index is 0.184. The van der Waals surface area contributed by atoms with E-state index in [1.165, 1.54) is 0 Å². The molecular weight excluding hydrogens is 266 g/mol. The molecule has 0 saturated carbocycles. The van der Waals surface area contributed by atoms with Gasteiger partial charge in [0.15, 0.2) is 11.0 Å². The molecular formula is C13H14ClN3O2. The topological polar surface area (TPSA) is 64.1 Å². The van der Waals surface area contributed by atoms with Crippen molar-refractivity contribution in [3.05, 3.63) is 29.4 Å². The van der Waals surface area contributed by atoms with Crippen molar-refractivity contribution in [2.24, 2.45) is 0 Å². The molecule has 0 radical (unpaired) electrons. The van der Waals surface area contributed by atoms with Crippen LogP contribution in [0.5, 0.6) is 0 Å². The van der Waals surface area contributed by atoms with Gasteiger partial charge in [0.1, 0.15) is 0 Å². The number of para-hydroxylation sites is 2. The highest BCUT2D eigenvalue weighted by Gasteiger charge is 2.10. The summed E-state index contributed by atoms with van der Waals surface area (Å²) in [6, 6.07) is 7.34. The Balaban J connectivity index is 2.11. The third-order valence-electron chi connectivity index (χ3n) is 2.46. The summed E-state index contributed by atoms with van der Waals surface area (Å²) in [4.78, 5) is 20.1. The second-order valence-electron chi connectivity index (χ2n) is 3.85. The molecule has 0 aliphatic rings. The molecule has 0 spiro atoms. The van der Waals surface area contributed by atoms with Gasteiger partial charge in [-0.15, -0.1) is 0 Å². The molecule has 2 aromatic rings. The van der Waals surface area contributed by atoms with E-state index in [1.807, 2.05) is 31.2 Å². The fourth-order valence-corrected chi connectivity index (χ4v) is 1.74. The SMILES string of the molecule is CCOCCC(=O)Nc1nc2ccccc2nc1Cl. The monoisotopic (exact) mass is 279 g/mol. The number of anilines is 1. The molecule has 1 amide bonds. The molecule has 2 rings (SSSR count). The second-order valence-corrected chi connectivity index (χ2v) is 4.20. The Morgan fingerprint density at radius 1 is 1.32 bits per heavy atom. The summed E-state index contributed by atoms with van der Waals surface area (Å²) in [5, 5.41) is 2.82. The van der Waals surface area contributed by atoms with Gasteiger partial charge in [-0.1, -0.05) is 23.7 Å². The first-order chi connectivity index (χ1) is 9.20. The smallest absolute Gasteiger partial charge is 0.227 e. The highest BCUT2D eigenvalue weighted by molar-refractivity contribution is 6.32. The lowest BCUT2D eigenvalue weighted by atomic mass is 10.3. The highest BCUT2D eigenvalue weighted by atomic mass is 35.5. The maximum Gasteiger partial charge on any atom is 0.227 e. The third kappa shape index (κ3) is 3.62. The lowest BCUT2D eigenvalue weighted by Crippen LogP contribution is -2.15. The van der Waals surface area contributed by atoms with E-state index in [4.69, 9.17) is 16.3 Å². The van der Waals surface area contributed by atoms with Crippen molar-refractivity contribution in [3.63, 3.8) is 0 Å². The Morgan fingerprint density at radius 2 is 2.00 bits per heavy atom. The van der Waals surface area contributed by atoms with Crippen LogP contribution in [0.1, 0.15) is 13.3 Å². The van der Waals surface area contributed by atoms with Crippen LogP contribution in [0.25, 0.3) is 11.0 Å². The van der Waals surface area contributed by atoms with Gasteiger partial charge >= 0.3 is 0 Å². The number of hydrogen-bond donors (Lipinski definition) is 1. The maximum absolute atomic E-state index is 11.7. The van der Waals surface area contributed by atoms with Crippen molar-refractivity contribution >= 4 is 34.4 Å². The van der Waals surface area contributed by atoms with Crippen LogP contribution >= 0.6 is 11.6 Å². The minimum Gasteiger partial charge on any atom is -0.381 e. The van der Waals surface area contributed by atoms with Crippen molar-refractivity contribution in [1.82, 2.24) is 9.97 Å². The van der Waals surface area contributed by atoms with Gasteiger partial charge in [-0.2, -0.15) is 0 Å². The average molecular weight is 280 g/mol. The van der Waals surface area contributed by atoms with Crippen LogP contribution in [0, 0.1) is 0 Å². The zero-order valence-electron chi connectivity index (χ0n) is 10.5. The van der Waals surface area contributed by atoms with Gasteiger partial charge in [0.25, 0.3) is 0 Å². The Bertz CT molecular complexity index is 589. The van der Waals surface area contributed by atoms with Crippen LogP contribution < -0.4 is 5.32 Å². The summed E-state index contributed by atoms with van der Waals surface area (Å²) in [5.41, 5.74) is 1.38. The number of carbonyl (C=O) groups excluding carboxylic acids is 1. The van der Waals surface area contributed by atoms with Crippen molar-refractivity contribution in [1.29, 1.82) is 0 Å². The second kappa shape index (κ2) is 6.45. The predicted octanol–water partition coefficient (Wildman–Crippen LogP) is 2.65. The zero-order chi connectivity index (χ0) is 13.7. The van der Waals surface area contributed by atoms with Gasteiger partial charge in [0, 0.05) is 6.61 Å². The Hall–Kier alpha value is -1.72. The first-order valence-electron chi connectivity index (χ1n) is 6.00. The Morgan fingerprint density at radius 3 is 2.68 bits per heavy atom. The van der Waals surface area contributed by atoms with Crippen LogP contribution in [-0.2, 0) is 9.53 Å². The molecule has 0 bridgehead atoms. The van der Waals surface area contributed by atoms with Crippen LogP contribution in [0.15, 0.2) is 24.3 Å². The van der Waals surface area contributed by atoms with E-state index in [1.54, 1.807) is 0 Å². The predicted molar refractivity (Wildman–Crippen MR) is 74.3 cm³/mol. The first kappa shape index (κ1) is 13.7. The van der Waals surface area contributed by atoms with Crippen LogP contribution in [-0.4, -0.2) is 29.1 Å². The van der Waals surface area contributed by atoms with Crippen molar-refractivity contribution in [2.45, 2.75) is 13.3 Å².